The Kier molecular flexibility index (Phi) is 3.91. The highest BCUT2D eigenvalue weighted by atomic mass is 32.1. The van der Waals surface area contributed by atoms with Crippen molar-refractivity contribution in [2.75, 3.05) is 5.84 Å². The lowest BCUT2D eigenvalue weighted by Crippen LogP contribution is -2.40. The smallest absolute Gasteiger partial charge is 0.300 e. The monoisotopic (exact) mass is 306 g/mol. The van der Waals surface area contributed by atoms with Crippen LogP contribution in [0.3, 0.4) is 0 Å². The van der Waals surface area contributed by atoms with E-state index in [0.717, 1.165) is 4.79 Å². The number of nitrogens with zero attached hydrogens (tertiary/aromatic N) is 4. The van der Waals surface area contributed by atoms with Crippen molar-refractivity contribution in [3.05, 3.63) is 5.38 Å². The molecule has 0 saturated heterocycles. The molecule has 0 aliphatic carbocycles. The molecule has 0 aromatic carbocycles. The Morgan fingerprint density at radius 3 is 2.47 bits per heavy atom. The summed E-state index contributed by atoms with van der Waals surface area (Å²) in [7, 11) is -3.47. The minimum atomic E-state index is -3.47. The predicted molar refractivity (Wildman–Crippen MR) is 70.9 cm³/mol. The van der Waals surface area contributed by atoms with Crippen molar-refractivity contribution in [1.29, 1.82) is 0 Å². The molecule has 0 bridgehead atoms. The number of fused-ring (bicyclic) bond motifs is 1. The number of nitrogens with two attached hydrogens (primary N) is 1. The molecule has 0 amide bonds. The van der Waals surface area contributed by atoms with E-state index in [1.807, 2.05) is 0 Å². The molecule has 2 aromatic rings. The first kappa shape index (κ1) is 14.4. The van der Waals surface area contributed by atoms with Crippen molar-refractivity contribution >= 4 is 29.3 Å². The standard InChI is InChI=1S/C9H17N5O3PS/c1-6(2)16-18(15,17-7(3)4)8-5-19-9-13(8)11-12-14(9)10/h5-7H,10H2,1-4H3/q+1. The summed E-state index contributed by atoms with van der Waals surface area (Å²) in [6.07, 6.45) is -0.485. The number of thiazole rings is 1. The number of hydrogen-bond donors (Lipinski definition) is 1. The second-order valence-electron chi connectivity index (χ2n) is 4.52. The Hall–Kier alpha value is -1.02. The van der Waals surface area contributed by atoms with Gasteiger partial charge in [-0.25, -0.2) is 0 Å². The van der Waals surface area contributed by atoms with E-state index in [1.165, 1.54) is 15.9 Å². The molecule has 2 aromatic heterocycles. The Labute approximate surface area is 114 Å². The molecule has 106 valence electrons. The summed E-state index contributed by atoms with van der Waals surface area (Å²) in [5.41, 5.74) is 0.339. The van der Waals surface area contributed by atoms with Crippen LogP contribution >= 0.6 is 18.9 Å². The summed E-state index contributed by atoms with van der Waals surface area (Å²) >= 11 is 1.27. The molecule has 0 aliphatic rings. The lowest BCUT2D eigenvalue weighted by molar-refractivity contribution is -0.560. The van der Waals surface area contributed by atoms with Crippen LogP contribution in [0.1, 0.15) is 27.7 Å². The molecule has 0 radical (unpaired) electrons. The fraction of sp³-hybridized carbons (Fsp3) is 0.667. The Balaban J connectivity index is 2.51. The third kappa shape index (κ3) is 2.79. The topological polar surface area (TPSA) is 96.4 Å². The lowest BCUT2D eigenvalue weighted by Gasteiger charge is -2.20. The third-order valence-electron chi connectivity index (χ3n) is 2.07. The van der Waals surface area contributed by atoms with E-state index in [-0.39, 0.29) is 12.2 Å². The van der Waals surface area contributed by atoms with Crippen molar-refractivity contribution in [1.82, 2.24) is 15.2 Å². The van der Waals surface area contributed by atoms with Crippen LogP contribution in [0.25, 0.3) is 4.96 Å². The van der Waals surface area contributed by atoms with Crippen molar-refractivity contribution in [2.24, 2.45) is 0 Å². The maximum Gasteiger partial charge on any atom is 0.396 e. The summed E-state index contributed by atoms with van der Waals surface area (Å²) in [6, 6.07) is 0. The van der Waals surface area contributed by atoms with Crippen LogP contribution in [-0.4, -0.2) is 27.4 Å². The van der Waals surface area contributed by atoms with Gasteiger partial charge in [0.05, 0.1) is 12.2 Å². The molecule has 8 nitrogen and oxygen atoms in total. The summed E-state index contributed by atoms with van der Waals surface area (Å²) in [6.45, 7) is 7.18. The number of tetrazole rings is 1. The maximum atomic E-state index is 12.9. The van der Waals surface area contributed by atoms with E-state index in [9.17, 15) is 4.57 Å². The van der Waals surface area contributed by atoms with E-state index in [1.54, 1.807) is 33.1 Å². The second kappa shape index (κ2) is 5.16. The second-order valence-corrected chi connectivity index (χ2v) is 7.23. The Morgan fingerprint density at radius 1 is 1.37 bits per heavy atom. The average Bonchev–Trinajstić information content (AvgIpc) is 2.79. The van der Waals surface area contributed by atoms with Crippen LogP contribution in [-0.2, 0) is 13.6 Å². The highest BCUT2D eigenvalue weighted by molar-refractivity contribution is 7.62. The van der Waals surface area contributed by atoms with E-state index in [4.69, 9.17) is 14.9 Å². The van der Waals surface area contributed by atoms with Gasteiger partial charge in [0.1, 0.15) is 5.21 Å². The number of hydrogen-bond acceptors (Lipinski definition) is 7. The number of rotatable bonds is 5. The van der Waals surface area contributed by atoms with Crippen molar-refractivity contribution < 1.29 is 18.1 Å². The minimum absolute atomic E-state index is 0.243. The molecule has 0 unspecified atom stereocenters. The summed E-state index contributed by atoms with van der Waals surface area (Å²) in [5, 5.41) is 9.18. The Morgan fingerprint density at radius 2 is 1.95 bits per heavy atom. The molecule has 0 aliphatic heterocycles. The molecule has 0 atom stereocenters. The van der Waals surface area contributed by atoms with E-state index in [2.05, 4.69) is 10.4 Å². The normalized spacial score (nSPS) is 12.9. The largest absolute Gasteiger partial charge is 0.396 e. The number of nitrogen functional groups attached to an aromatic ring is 1. The van der Waals surface area contributed by atoms with Gasteiger partial charge in [-0.1, -0.05) is 15.9 Å². The van der Waals surface area contributed by atoms with Gasteiger partial charge in [-0.2, -0.15) is 0 Å². The maximum absolute atomic E-state index is 12.9. The van der Waals surface area contributed by atoms with Gasteiger partial charge in [0.2, 0.25) is 5.44 Å². The van der Waals surface area contributed by atoms with Crippen LogP contribution in [0.5, 0.6) is 0 Å². The molecule has 0 saturated carbocycles. The fourth-order valence-electron chi connectivity index (χ4n) is 1.53. The molecule has 2 heterocycles. The van der Waals surface area contributed by atoms with Gasteiger partial charge in [-0.05, 0) is 27.7 Å². The summed E-state index contributed by atoms with van der Waals surface area (Å²) in [5.74, 6) is 5.60. The van der Waals surface area contributed by atoms with Gasteiger partial charge in [0.15, 0.2) is 5.21 Å². The molecular weight excluding hydrogens is 289 g/mol. The molecule has 0 fully saturated rings. The molecule has 10 heteroatoms. The van der Waals surface area contributed by atoms with Gasteiger partial charge in [-0.3, -0.25) is 10.4 Å². The lowest BCUT2D eigenvalue weighted by atomic mass is 10.5. The van der Waals surface area contributed by atoms with Crippen molar-refractivity contribution in [2.45, 2.75) is 39.9 Å². The molecule has 19 heavy (non-hydrogen) atoms. The summed E-state index contributed by atoms with van der Waals surface area (Å²) < 4.78 is 25.4. The van der Waals surface area contributed by atoms with Gasteiger partial charge >= 0.3 is 12.6 Å². The predicted octanol–water partition coefficient (Wildman–Crippen LogP) is 0.461. The van der Waals surface area contributed by atoms with Crippen LogP contribution in [0, 0.1) is 0 Å². The first-order chi connectivity index (χ1) is 8.83. The van der Waals surface area contributed by atoms with E-state index < -0.39 is 7.60 Å². The first-order valence-electron chi connectivity index (χ1n) is 5.81. The van der Waals surface area contributed by atoms with Gasteiger partial charge in [0.25, 0.3) is 0 Å². The fourth-order valence-corrected chi connectivity index (χ4v) is 4.70. The molecule has 0 spiro atoms. The van der Waals surface area contributed by atoms with Gasteiger partial charge in [-0.15, -0.1) is 0 Å². The zero-order valence-electron chi connectivity index (χ0n) is 11.2. The molecule has 2 rings (SSSR count). The van der Waals surface area contributed by atoms with Crippen molar-refractivity contribution in [3.8, 4) is 0 Å². The number of aromatic nitrogens is 4. The van der Waals surface area contributed by atoms with E-state index >= 15 is 0 Å². The highest BCUT2D eigenvalue weighted by Crippen LogP contribution is 2.48. The van der Waals surface area contributed by atoms with E-state index in [0.29, 0.717) is 10.4 Å². The Bertz CT molecular complexity index is 608. The quantitative estimate of drug-likeness (QED) is 0.490. The third-order valence-corrected chi connectivity index (χ3v) is 5.43. The van der Waals surface area contributed by atoms with Crippen LogP contribution in [0.2, 0.25) is 0 Å². The van der Waals surface area contributed by atoms with Crippen molar-refractivity contribution in [3.63, 3.8) is 0 Å². The first-order valence-corrected chi connectivity index (χ1v) is 8.23. The van der Waals surface area contributed by atoms with Gasteiger partial charge < -0.3 is 9.05 Å². The highest BCUT2D eigenvalue weighted by Gasteiger charge is 2.38. The van der Waals surface area contributed by atoms with Crippen LogP contribution in [0.15, 0.2) is 5.38 Å². The zero-order chi connectivity index (χ0) is 14.2. The zero-order valence-corrected chi connectivity index (χ0v) is 12.9. The van der Waals surface area contributed by atoms with Gasteiger partial charge in [0, 0.05) is 10.2 Å². The molecule has 2 N–H and O–H groups in total. The molecular formula is C9H17N5O3PS+. The minimum Gasteiger partial charge on any atom is -0.300 e. The SMILES string of the molecule is CC(C)OP(=O)(OC(C)C)c1csc2n(N)nn[n+]12. The average molecular weight is 306 g/mol. The summed E-state index contributed by atoms with van der Waals surface area (Å²) in [4.78, 5) is 1.67. The van der Waals surface area contributed by atoms with Crippen LogP contribution in [0.4, 0.5) is 0 Å². The van der Waals surface area contributed by atoms with Crippen LogP contribution < -0.4 is 15.8 Å².